The number of para-hydroxylation sites is 2. The van der Waals surface area contributed by atoms with E-state index in [2.05, 4.69) is 10.2 Å². The largest absolute Gasteiger partial charge is 0.478 e. The number of amides is 1. The first kappa shape index (κ1) is 18.9. The third-order valence-electron chi connectivity index (χ3n) is 4.40. The second kappa shape index (κ2) is 8.66. The summed E-state index contributed by atoms with van der Waals surface area (Å²) < 4.78 is 10.4. The van der Waals surface area contributed by atoms with E-state index in [-0.39, 0.29) is 18.1 Å². The monoisotopic (exact) mass is 370 g/mol. The van der Waals surface area contributed by atoms with Crippen LogP contribution in [0.4, 0.5) is 11.4 Å². The Morgan fingerprint density at radius 1 is 1.19 bits per heavy atom. The van der Waals surface area contributed by atoms with Crippen LogP contribution in [0.3, 0.4) is 0 Å². The summed E-state index contributed by atoms with van der Waals surface area (Å²) in [5, 5.41) is 12.2. The van der Waals surface area contributed by atoms with E-state index in [0.29, 0.717) is 30.0 Å². The normalized spacial score (nSPS) is 14.0. The van der Waals surface area contributed by atoms with Gasteiger partial charge in [0, 0.05) is 25.8 Å². The highest BCUT2D eigenvalue weighted by molar-refractivity contribution is 6.06. The van der Waals surface area contributed by atoms with E-state index in [1.807, 2.05) is 24.3 Å². The molecule has 1 aliphatic rings. The van der Waals surface area contributed by atoms with Crippen molar-refractivity contribution < 1.29 is 24.2 Å². The third-order valence-corrected chi connectivity index (χ3v) is 4.40. The van der Waals surface area contributed by atoms with Gasteiger partial charge >= 0.3 is 5.97 Å². The molecule has 0 radical (unpaired) electrons. The molecule has 2 aromatic rings. The van der Waals surface area contributed by atoms with Crippen molar-refractivity contribution in [2.24, 2.45) is 0 Å². The van der Waals surface area contributed by atoms with E-state index < -0.39 is 5.97 Å². The highest BCUT2D eigenvalue weighted by Crippen LogP contribution is 2.27. The van der Waals surface area contributed by atoms with E-state index in [1.165, 1.54) is 19.2 Å². The quantitative estimate of drug-likeness (QED) is 0.813. The number of ether oxygens (including phenoxy) is 2. The molecule has 0 aromatic heterocycles. The molecule has 7 heteroatoms. The molecule has 0 bridgehead atoms. The minimum Gasteiger partial charge on any atom is -0.478 e. The number of anilines is 2. The molecule has 1 aliphatic heterocycles. The number of aromatic carboxylic acids is 1. The molecular weight excluding hydrogens is 348 g/mol. The van der Waals surface area contributed by atoms with Gasteiger partial charge in [-0.25, -0.2) is 4.79 Å². The number of hydrogen-bond donors (Lipinski definition) is 2. The van der Waals surface area contributed by atoms with E-state index in [9.17, 15) is 14.7 Å². The number of morpholine rings is 1. The van der Waals surface area contributed by atoms with Crippen LogP contribution < -0.4 is 10.2 Å². The maximum Gasteiger partial charge on any atom is 0.336 e. The average Bonchev–Trinajstić information content (AvgIpc) is 2.69. The summed E-state index contributed by atoms with van der Waals surface area (Å²) in [6.07, 6.45) is 0. The molecular formula is C20H22N2O5. The Kier molecular flexibility index (Phi) is 6.05. The van der Waals surface area contributed by atoms with Crippen molar-refractivity contribution in [3.05, 3.63) is 59.2 Å². The Hall–Kier alpha value is -2.90. The highest BCUT2D eigenvalue weighted by Gasteiger charge is 2.18. The van der Waals surface area contributed by atoms with Crippen molar-refractivity contribution in [1.29, 1.82) is 0 Å². The predicted molar refractivity (Wildman–Crippen MR) is 102 cm³/mol. The van der Waals surface area contributed by atoms with Crippen LogP contribution in [0, 0.1) is 0 Å². The van der Waals surface area contributed by atoms with Crippen LogP contribution in [0.5, 0.6) is 0 Å². The molecule has 0 saturated carbocycles. The fourth-order valence-electron chi connectivity index (χ4n) is 3.07. The number of carboxylic acid groups (broad SMARTS) is 1. The molecule has 2 aromatic carbocycles. The summed E-state index contributed by atoms with van der Waals surface area (Å²) in [6, 6.07) is 12.1. The predicted octanol–water partition coefficient (Wildman–Crippen LogP) is 2.62. The van der Waals surface area contributed by atoms with E-state index in [4.69, 9.17) is 9.47 Å². The molecule has 1 saturated heterocycles. The number of hydrogen-bond acceptors (Lipinski definition) is 5. The summed E-state index contributed by atoms with van der Waals surface area (Å²) >= 11 is 0. The van der Waals surface area contributed by atoms with Gasteiger partial charge in [-0.3, -0.25) is 4.79 Å². The Morgan fingerprint density at radius 3 is 2.63 bits per heavy atom. The molecule has 1 fully saturated rings. The molecule has 2 N–H and O–H groups in total. The lowest BCUT2D eigenvalue weighted by Crippen LogP contribution is -2.36. The Balaban J connectivity index is 1.83. The number of nitrogens with zero attached hydrogens (tertiary/aromatic N) is 1. The van der Waals surface area contributed by atoms with Crippen LogP contribution in [-0.2, 0) is 16.1 Å². The first-order valence-electron chi connectivity index (χ1n) is 8.68. The van der Waals surface area contributed by atoms with Crippen LogP contribution in [0.2, 0.25) is 0 Å². The van der Waals surface area contributed by atoms with E-state index in [0.717, 1.165) is 18.8 Å². The Bertz CT molecular complexity index is 831. The van der Waals surface area contributed by atoms with Gasteiger partial charge in [0.2, 0.25) is 0 Å². The van der Waals surface area contributed by atoms with E-state index in [1.54, 1.807) is 6.07 Å². The highest BCUT2D eigenvalue weighted by atomic mass is 16.5. The first-order chi connectivity index (χ1) is 13.1. The lowest BCUT2D eigenvalue weighted by molar-refractivity contribution is 0.0691. The third kappa shape index (κ3) is 4.45. The molecule has 0 atom stereocenters. The van der Waals surface area contributed by atoms with E-state index >= 15 is 0 Å². The van der Waals surface area contributed by atoms with Crippen molar-refractivity contribution in [2.45, 2.75) is 6.61 Å². The molecule has 27 heavy (non-hydrogen) atoms. The van der Waals surface area contributed by atoms with Crippen molar-refractivity contribution >= 4 is 23.3 Å². The molecule has 142 valence electrons. The number of methoxy groups -OCH3 is 1. The zero-order valence-corrected chi connectivity index (χ0v) is 15.1. The van der Waals surface area contributed by atoms with Crippen molar-refractivity contribution in [2.75, 3.05) is 43.6 Å². The molecule has 7 nitrogen and oxygen atoms in total. The molecule has 0 unspecified atom stereocenters. The molecule has 1 amide bonds. The number of rotatable bonds is 6. The minimum atomic E-state index is -1.05. The molecule has 0 aliphatic carbocycles. The smallest absolute Gasteiger partial charge is 0.336 e. The molecule has 3 rings (SSSR count). The minimum absolute atomic E-state index is 0.118. The Morgan fingerprint density at radius 2 is 1.93 bits per heavy atom. The summed E-state index contributed by atoms with van der Waals surface area (Å²) in [5.41, 5.74) is 2.61. The first-order valence-corrected chi connectivity index (χ1v) is 8.68. The van der Waals surface area contributed by atoms with Crippen LogP contribution in [0.1, 0.15) is 26.3 Å². The lowest BCUT2D eigenvalue weighted by atomic mass is 10.0. The SMILES string of the molecule is COCc1cc(C(=O)Nc2ccccc2N2CCOCC2)ccc1C(=O)O. The average molecular weight is 370 g/mol. The maximum absolute atomic E-state index is 12.7. The fraction of sp³-hybridized carbons (Fsp3) is 0.300. The van der Waals surface area contributed by atoms with Crippen molar-refractivity contribution in [3.8, 4) is 0 Å². The van der Waals surface area contributed by atoms with Gasteiger partial charge < -0.3 is 24.8 Å². The standard InChI is InChI=1S/C20H22N2O5/c1-26-13-15-12-14(6-7-16(15)20(24)25)19(23)21-17-4-2-3-5-18(17)22-8-10-27-11-9-22/h2-7,12H,8-11,13H2,1H3,(H,21,23)(H,24,25). The van der Waals surface area contributed by atoms with Gasteiger partial charge in [-0.15, -0.1) is 0 Å². The summed E-state index contributed by atoms with van der Waals surface area (Å²) in [6.45, 7) is 2.95. The van der Waals surface area contributed by atoms with Crippen LogP contribution in [0.25, 0.3) is 0 Å². The summed E-state index contributed by atoms with van der Waals surface area (Å²) in [4.78, 5) is 26.2. The topological polar surface area (TPSA) is 88.1 Å². The molecule has 0 spiro atoms. The van der Waals surface area contributed by atoms with Gasteiger partial charge in [-0.1, -0.05) is 12.1 Å². The Labute approximate surface area is 157 Å². The van der Waals surface area contributed by atoms with Crippen LogP contribution in [-0.4, -0.2) is 50.4 Å². The number of benzene rings is 2. The van der Waals surface area contributed by atoms with Crippen LogP contribution in [0.15, 0.2) is 42.5 Å². The van der Waals surface area contributed by atoms with Gasteiger partial charge in [0.05, 0.1) is 36.8 Å². The second-order valence-corrected chi connectivity index (χ2v) is 6.18. The van der Waals surface area contributed by atoms with Crippen molar-refractivity contribution in [3.63, 3.8) is 0 Å². The van der Waals surface area contributed by atoms with Crippen molar-refractivity contribution in [1.82, 2.24) is 0 Å². The number of nitrogens with one attached hydrogen (secondary N) is 1. The van der Waals surface area contributed by atoms with Crippen LogP contribution >= 0.6 is 0 Å². The lowest BCUT2D eigenvalue weighted by Gasteiger charge is -2.30. The number of carbonyl (C=O) groups is 2. The fourth-order valence-corrected chi connectivity index (χ4v) is 3.07. The summed E-state index contributed by atoms with van der Waals surface area (Å²) in [5.74, 6) is -1.35. The zero-order valence-electron chi connectivity index (χ0n) is 15.1. The maximum atomic E-state index is 12.7. The number of carboxylic acids is 1. The second-order valence-electron chi connectivity index (χ2n) is 6.18. The number of carbonyl (C=O) groups excluding carboxylic acids is 1. The summed E-state index contributed by atoms with van der Waals surface area (Å²) in [7, 11) is 1.48. The van der Waals surface area contributed by atoms with Gasteiger partial charge in [0.25, 0.3) is 5.91 Å². The zero-order chi connectivity index (χ0) is 19.2. The van der Waals surface area contributed by atoms with Gasteiger partial charge in [-0.2, -0.15) is 0 Å². The van der Waals surface area contributed by atoms with Gasteiger partial charge in [0.15, 0.2) is 0 Å². The van der Waals surface area contributed by atoms with Gasteiger partial charge in [-0.05, 0) is 35.9 Å². The van der Waals surface area contributed by atoms with Gasteiger partial charge in [0.1, 0.15) is 0 Å². The molecule has 1 heterocycles.